The first-order valence-electron chi connectivity index (χ1n) is 6.70. The molecule has 94 valence electrons. The van der Waals surface area contributed by atoms with Crippen LogP contribution in [0.1, 0.15) is 38.5 Å². The van der Waals surface area contributed by atoms with E-state index in [9.17, 15) is 4.79 Å². The Bertz CT molecular complexity index is 313. The summed E-state index contributed by atoms with van der Waals surface area (Å²) in [6.45, 7) is 2.93. The van der Waals surface area contributed by atoms with Gasteiger partial charge in [0.2, 0.25) is 5.91 Å². The Morgan fingerprint density at radius 2 is 2.18 bits per heavy atom. The number of unbranched alkanes of at least 4 members (excludes halogenated alkanes) is 2. The Morgan fingerprint density at radius 3 is 2.88 bits per heavy atom. The lowest BCUT2D eigenvalue weighted by Crippen LogP contribution is -2.34. The third-order valence-corrected chi connectivity index (χ3v) is 4.15. The average Bonchev–Trinajstić information content (AvgIpc) is 3.03. The Balaban J connectivity index is 1.63. The summed E-state index contributed by atoms with van der Waals surface area (Å²) in [6, 6.07) is 0. The van der Waals surface area contributed by atoms with Gasteiger partial charge in [-0.25, -0.2) is 0 Å². The molecule has 2 rings (SSSR count). The van der Waals surface area contributed by atoms with E-state index in [4.69, 9.17) is 6.42 Å². The molecule has 2 fully saturated rings. The van der Waals surface area contributed by atoms with Gasteiger partial charge in [0.25, 0.3) is 0 Å². The lowest BCUT2D eigenvalue weighted by atomic mass is 9.92. The first-order chi connectivity index (χ1) is 8.28. The number of nitrogens with one attached hydrogen (secondary N) is 2. The van der Waals surface area contributed by atoms with Crippen molar-refractivity contribution in [1.82, 2.24) is 10.6 Å². The first-order valence-corrected chi connectivity index (χ1v) is 6.70. The van der Waals surface area contributed by atoms with Gasteiger partial charge >= 0.3 is 0 Å². The van der Waals surface area contributed by atoms with E-state index in [0.29, 0.717) is 5.41 Å². The van der Waals surface area contributed by atoms with Crippen molar-refractivity contribution in [2.75, 3.05) is 19.6 Å². The van der Waals surface area contributed by atoms with E-state index >= 15 is 0 Å². The summed E-state index contributed by atoms with van der Waals surface area (Å²) >= 11 is 0. The maximum absolute atomic E-state index is 11.9. The third kappa shape index (κ3) is 3.01. The zero-order valence-corrected chi connectivity index (χ0v) is 10.4. The third-order valence-electron chi connectivity index (χ3n) is 4.15. The van der Waals surface area contributed by atoms with Gasteiger partial charge in [-0.05, 0) is 50.6 Å². The standard InChI is InChI=1S/C14H22N2O/c1-2-3-4-5-8-16-13(17)12-11-14(12)6-9-15-10-7-14/h1,12,15H,3-11H2,(H,16,17). The van der Waals surface area contributed by atoms with E-state index in [1.807, 2.05) is 0 Å². The van der Waals surface area contributed by atoms with Crippen molar-refractivity contribution in [1.29, 1.82) is 0 Å². The summed E-state index contributed by atoms with van der Waals surface area (Å²) in [6.07, 6.45) is 11.4. The molecule has 1 saturated heterocycles. The van der Waals surface area contributed by atoms with Crippen LogP contribution in [0.2, 0.25) is 0 Å². The van der Waals surface area contributed by atoms with Crippen molar-refractivity contribution in [2.24, 2.45) is 11.3 Å². The molecular weight excluding hydrogens is 212 g/mol. The number of terminal acetylenes is 1. The fourth-order valence-electron chi connectivity index (χ4n) is 2.88. The molecule has 0 aromatic heterocycles. The van der Waals surface area contributed by atoms with Crippen molar-refractivity contribution in [2.45, 2.75) is 38.5 Å². The molecule has 1 aliphatic carbocycles. The van der Waals surface area contributed by atoms with Crippen LogP contribution >= 0.6 is 0 Å². The predicted octanol–water partition coefficient (Wildman–Crippen LogP) is 1.30. The molecule has 1 atom stereocenters. The van der Waals surface area contributed by atoms with E-state index in [1.165, 1.54) is 12.8 Å². The van der Waals surface area contributed by atoms with Gasteiger partial charge in [0.15, 0.2) is 0 Å². The highest BCUT2D eigenvalue weighted by molar-refractivity contribution is 5.82. The Kier molecular flexibility index (Phi) is 4.06. The molecule has 1 aliphatic heterocycles. The van der Waals surface area contributed by atoms with Gasteiger partial charge in [0.1, 0.15) is 0 Å². The van der Waals surface area contributed by atoms with Crippen molar-refractivity contribution >= 4 is 5.91 Å². The summed E-state index contributed by atoms with van der Waals surface area (Å²) in [5.74, 6) is 3.18. The fourth-order valence-corrected chi connectivity index (χ4v) is 2.88. The summed E-state index contributed by atoms with van der Waals surface area (Å²) in [5, 5.41) is 6.40. The minimum absolute atomic E-state index is 0.271. The molecule has 0 radical (unpaired) electrons. The minimum atomic E-state index is 0.271. The molecule has 0 bridgehead atoms. The van der Waals surface area contributed by atoms with Gasteiger partial charge < -0.3 is 10.6 Å². The maximum Gasteiger partial charge on any atom is 0.223 e. The lowest BCUT2D eigenvalue weighted by molar-refractivity contribution is -0.123. The van der Waals surface area contributed by atoms with Gasteiger partial charge in [0, 0.05) is 18.9 Å². The second kappa shape index (κ2) is 5.55. The van der Waals surface area contributed by atoms with E-state index in [0.717, 1.165) is 45.3 Å². The topological polar surface area (TPSA) is 41.1 Å². The van der Waals surface area contributed by atoms with Crippen molar-refractivity contribution < 1.29 is 4.79 Å². The summed E-state index contributed by atoms with van der Waals surface area (Å²) in [4.78, 5) is 11.9. The smallest absolute Gasteiger partial charge is 0.223 e. The Hall–Kier alpha value is -1.01. The highest BCUT2D eigenvalue weighted by Crippen LogP contribution is 2.58. The van der Waals surface area contributed by atoms with Crippen LogP contribution in [0.25, 0.3) is 0 Å². The second-order valence-corrected chi connectivity index (χ2v) is 5.32. The number of piperidine rings is 1. The average molecular weight is 234 g/mol. The molecular formula is C14H22N2O. The molecule has 1 amide bonds. The SMILES string of the molecule is C#CCCCCNC(=O)C1CC12CCNCC2. The molecule has 3 nitrogen and oxygen atoms in total. The molecule has 17 heavy (non-hydrogen) atoms. The van der Waals surface area contributed by atoms with Gasteiger partial charge in [-0.2, -0.15) is 0 Å². The van der Waals surface area contributed by atoms with E-state index in [-0.39, 0.29) is 11.8 Å². The highest BCUT2D eigenvalue weighted by Gasteiger charge is 2.57. The molecule has 3 heteroatoms. The second-order valence-electron chi connectivity index (χ2n) is 5.32. The normalized spacial score (nSPS) is 25.2. The van der Waals surface area contributed by atoms with Crippen LogP contribution in [-0.4, -0.2) is 25.5 Å². The molecule has 0 aromatic rings. The van der Waals surface area contributed by atoms with Gasteiger partial charge in [-0.1, -0.05) is 0 Å². The molecule has 1 spiro atoms. The zero-order valence-electron chi connectivity index (χ0n) is 10.4. The van der Waals surface area contributed by atoms with Crippen LogP contribution in [0, 0.1) is 23.7 Å². The predicted molar refractivity (Wildman–Crippen MR) is 68.3 cm³/mol. The quantitative estimate of drug-likeness (QED) is 0.556. The van der Waals surface area contributed by atoms with Gasteiger partial charge in [-0.3, -0.25) is 4.79 Å². The number of rotatable bonds is 5. The lowest BCUT2D eigenvalue weighted by Gasteiger charge is -2.23. The van der Waals surface area contributed by atoms with Crippen LogP contribution in [0.15, 0.2) is 0 Å². The minimum Gasteiger partial charge on any atom is -0.356 e. The monoisotopic (exact) mass is 234 g/mol. The molecule has 2 N–H and O–H groups in total. The van der Waals surface area contributed by atoms with Crippen LogP contribution < -0.4 is 10.6 Å². The van der Waals surface area contributed by atoms with E-state index < -0.39 is 0 Å². The van der Waals surface area contributed by atoms with E-state index in [1.54, 1.807) is 0 Å². The van der Waals surface area contributed by atoms with E-state index in [2.05, 4.69) is 16.6 Å². The Labute approximate surface area is 104 Å². The fraction of sp³-hybridized carbons (Fsp3) is 0.786. The van der Waals surface area contributed by atoms with Gasteiger partial charge in [-0.15, -0.1) is 12.3 Å². The molecule has 2 aliphatic rings. The number of hydrogen-bond donors (Lipinski definition) is 2. The van der Waals surface area contributed by atoms with Crippen LogP contribution in [-0.2, 0) is 4.79 Å². The number of amides is 1. The molecule has 1 unspecified atom stereocenters. The summed E-state index contributed by atoms with van der Waals surface area (Å²) in [7, 11) is 0. The number of hydrogen-bond acceptors (Lipinski definition) is 2. The molecule has 0 aromatic carbocycles. The largest absolute Gasteiger partial charge is 0.356 e. The van der Waals surface area contributed by atoms with Crippen LogP contribution in [0.3, 0.4) is 0 Å². The van der Waals surface area contributed by atoms with Crippen molar-refractivity contribution in [3.63, 3.8) is 0 Å². The first kappa shape index (κ1) is 12.4. The molecule has 1 saturated carbocycles. The van der Waals surface area contributed by atoms with Crippen molar-refractivity contribution in [3.8, 4) is 12.3 Å². The number of carbonyl (C=O) groups excluding carboxylic acids is 1. The van der Waals surface area contributed by atoms with Crippen LogP contribution in [0.5, 0.6) is 0 Å². The maximum atomic E-state index is 11.9. The Morgan fingerprint density at radius 1 is 1.41 bits per heavy atom. The van der Waals surface area contributed by atoms with Crippen molar-refractivity contribution in [3.05, 3.63) is 0 Å². The van der Waals surface area contributed by atoms with Gasteiger partial charge in [0.05, 0.1) is 0 Å². The molecule has 1 heterocycles. The summed E-state index contributed by atoms with van der Waals surface area (Å²) < 4.78 is 0. The highest BCUT2D eigenvalue weighted by atomic mass is 16.2. The zero-order chi connectivity index (χ0) is 12.1. The number of carbonyl (C=O) groups is 1. The van der Waals surface area contributed by atoms with Crippen LogP contribution in [0.4, 0.5) is 0 Å². The summed E-state index contributed by atoms with van der Waals surface area (Å²) in [5.41, 5.74) is 0.355.